The third-order valence-corrected chi connectivity index (χ3v) is 4.56. The first kappa shape index (κ1) is 14.9. The van der Waals surface area contributed by atoms with E-state index in [9.17, 15) is 0 Å². The first-order valence-electron chi connectivity index (χ1n) is 8.14. The second-order valence-corrected chi connectivity index (χ2v) is 6.29. The van der Waals surface area contributed by atoms with Crippen molar-refractivity contribution < 1.29 is 0 Å². The van der Waals surface area contributed by atoms with E-state index in [-0.39, 0.29) is 6.04 Å². The predicted molar refractivity (Wildman–Crippen MR) is 87.3 cm³/mol. The summed E-state index contributed by atoms with van der Waals surface area (Å²) < 4.78 is 3.72. The Morgan fingerprint density at radius 3 is 2.71 bits per heavy atom. The lowest BCUT2D eigenvalue weighted by Gasteiger charge is -2.24. The molecule has 0 radical (unpaired) electrons. The van der Waals surface area contributed by atoms with Gasteiger partial charge in [0.15, 0.2) is 5.82 Å². The zero-order valence-corrected chi connectivity index (χ0v) is 13.8. The molecular weight excluding hydrogens is 304 g/mol. The summed E-state index contributed by atoms with van der Waals surface area (Å²) in [6.07, 6.45) is 5.60. The Labute approximate surface area is 140 Å². The van der Waals surface area contributed by atoms with Gasteiger partial charge in [-0.25, -0.2) is 14.3 Å². The molecule has 4 rings (SSSR count). The summed E-state index contributed by atoms with van der Waals surface area (Å²) in [6.45, 7) is 2.92. The molecule has 8 heteroatoms. The topological polar surface area (TPSA) is 77.6 Å². The average Bonchev–Trinajstić information content (AvgIpc) is 3.11. The van der Waals surface area contributed by atoms with E-state index in [1.54, 1.807) is 11.0 Å². The van der Waals surface area contributed by atoms with Gasteiger partial charge in [0, 0.05) is 6.04 Å². The van der Waals surface area contributed by atoms with Crippen LogP contribution in [0.1, 0.15) is 43.2 Å². The SMILES string of the molecule is CC(c1ccc(-n2cncn2)cc1)N(C)Cc1nnnn1C1CC1. The number of benzene rings is 1. The molecule has 0 N–H and O–H groups in total. The van der Waals surface area contributed by atoms with Crippen molar-refractivity contribution in [1.29, 1.82) is 0 Å². The van der Waals surface area contributed by atoms with Gasteiger partial charge < -0.3 is 0 Å². The molecule has 1 atom stereocenters. The Morgan fingerprint density at radius 1 is 1.25 bits per heavy atom. The highest BCUT2D eigenvalue weighted by Gasteiger charge is 2.28. The van der Waals surface area contributed by atoms with Gasteiger partial charge >= 0.3 is 0 Å². The average molecular weight is 324 g/mol. The molecular formula is C16H20N8. The van der Waals surface area contributed by atoms with E-state index in [1.807, 2.05) is 4.68 Å². The van der Waals surface area contributed by atoms with Crippen molar-refractivity contribution in [2.45, 2.75) is 38.4 Å². The standard InChI is InChI=1S/C16H20N8/c1-12(13-3-5-14(6-4-13)23-11-17-10-18-23)22(2)9-16-19-20-21-24(16)15-7-8-15/h3-6,10-12,15H,7-9H2,1-2H3. The van der Waals surface area contributed by atoms with Crippen molar-refractivity contribution in [3.05, 3.63) is 48.3 Å². The van der Waals surface area contributed by atoms with Gasteiger partial charge in [-0.15, -0.1) is 5.10 Å². The highest BCUT2D eigenvalue weighted by molar-refractivity contribution is 5.34. The van der Waals surface area contributed by atoms with Crippen LogP contribution in [0.2, 0.25) is 0 Å². The molecule has 1 fully saturated rings. The fourth-order valence-corrected chi connectivity index (χ4v) is 2.78. The quantitative estimate of drug-likeness (QED) is 0.688. The largest absolute Gasteiger partial charge is 0.292 e. The second-order valence-electron chi connectivity index (χ2n) is 6.29. The third kappa shape index (κ3) is 2.92. The molecule has 0 aliphatic heterocycles. The van der Waals surface area contributed by atoms with Gasteiger partial charge in [0.25, 0.3) is 0 Å². The van der Waals surface area contributed by atoms with Crippen LogP contribution < -0.4 is 0 Å². The fraction of sp³-hybridized carbons (Fsp3) is 0.438. The Morgan fingerprint density at radius 2 is 2.04 bits per heavy atom. The summed E-state index contributed by atoms with van der Waals surface area (Å²) in [5.74, 6) is 0.936. The highest BCUT2D eigenvalue weighted by atomic mass is 15.6. The van der Waals surface area contributed by atoms with E-state index in [0.717, 1.165) is 18.1 Å². The van der Waals surface area contributed by atoms with E-state index < -0.39 is 0 Å². The summed E-state index contributed by atoms with van der Waals surface area (Å²) >= 11 is 0. The molecule has 1 aromatic carbocycles. The minimum Gasteiger partial charge on any atom is -0.292 e. The third-order valence-electron chi connectivity index (χ3n) is 4.56. The van der Waals surface area contributed by atoms with E-state index in [2.05, 4.69) is 68.7 Å². The molecule has 8 nitrogen and oxygen atoms in total. The number of hydrogen-bond donors (Lipinski definition) is 0. The van der Waals surface area contributed by atoms with Gasteiger partial charge in [0.1, 0.15) is 12.7 Å². The lowest BCUT2D eigenvalue weighted by atomic mass is 10.1. The van der Waals surface area contributed by atoms with Crippen LogP contribution in [0.4, 0.5) is 0 Å². The van der Waals surface area contributed by atoms with Crippen LogP contribution in [0.15, 0.2) is 36.9 Å². The molecule has 124 valence electrons. The van der Waals surface area contributed by atoms with Crippen LogP contribution in [0, 0.1) is 0 Å². The minimum absolute atomic E-state index is 0.263. The van der Waals surface area contributed by atoms with Crippen LogP contribution in [0.5, 0.6) is 0 Å². The van der Waals surface area contributed by atoms with E-state index in [4.69, 9.17) is 0 Å². The van der Waals surface area contributed by atoms with E-state index in [0.29, 0.717) is 6.04 Å². The molecule has 3 aromatic rings. The highest BCUT2D eigenvalue weighted by Crippen LogP contribution is 2.34. The van der Waals surface area contributed by atoms with Gasteiger partial charge in [-0.2, -0.15) is 5.10 Å². The van der Waals surface area contributed by atoms with Crippen molar-refractivity contribution in [2.24, 2.45) is 0 Å². The number of rotatable bonds is 6. The molecule has 0 bridgehead atoms. The second kappa shape index (κ2) is 6.12. The Balaban J connectivity index is 1.46. The maximum Gasteiger partial charge on any atom is 0.165 e. The van der Waals surface area contributed by atoms with Gasteiger partial charge in [-0.3, -0.25) is 4.90 Å². The van der Waals surface area contributed by atoms with E-state index in [1.165, 1.54) is 24.7 Å². The fourth-order valence-electron chi connectivity index (χ4n) is 2.78. The predicted octanol–water partition coefficient (Wildman–Crippen LogP) is 1.78. The lowest BCUT2D eigenvalue weighted by molar-refractivity contribution is 0.241. The zero-order valence-electron chi connectivity index (χ0n) is 13.8. The molecule has 2 heterocycles. The number of hydrogen-bond acceptors (Lipinski definition) is 6. The Bertz CT molecular complexity index is 788. The van der Waals surface area contributed by atoms with Crippen LogP contribution in [-0.4, -0.2) is 46.9 Å². The maximum atomic E-state index is 4.18. The number of aromatic nitrogens is 7. The monoisotopic (exact) mass is 324 g/mol. The normalized spacial score (nSPS) is 15.8. The Kier molecular flexibility index (Phi) is 3.81. The van der Waals surface area contributed by atoms with Crippen molar-refractivity contribution >= 4 is 0 Å². The maximum absolute atomic E-state index is 4.18. The van der Waals surface area contributed by atoms with Crippen LogP contribution in [-0.2, 0) is 6.54 Å². The van der Waals surface area contributed by atoms with Crippen molar-refractivity contribution in [3.8, 4) is 5.69 Å². The van der Waals surface area contributed by atoms with Crippen molar-refractivity contribution in [1.82, 2.24) is 39.9 Å². The summed E-state index contributed by atoms with van der Waals surface area (Å²) in [6, 6.07) is 9.13. The number of tetrazole rings is 1. The molecule has 1 aliphatic carbocycles. The van der Waals surface area contributed by atoms with Crippen LogP contribution >= 0.6 is 0 Å². The van der Waals surface area contributed by atoms with Crippen molar-refractivity contribution in [3.63, 3.8) is 0 Å². The summed E-state index contributed by atoms with van der Waals surface area (Å²) in [5, 5.41) is 16.3. The molecule has 1 unspecified atom stereocenters. The van der Waals surface area contributed by atoms with Crippen LogP contribution in [0.3, 0.4) is 0 Å². The van der Waals surface area contributed by atoms with E-state index >= 15 is 0 Å². The minimum atomic E-state index is 0.263. The van der Waals surface area contributed by atoms with Crippen molar-refractivity contribution in [2.75, 3.05) is 7.05 Å². The molecule has 0 saturated heterocycles. The molecule has 1 aliphatic rings. The number of nitrogens with zero attached hydrogens (tertiary/aromatic N) is 8. The van der Waals surface area contributed by atoms with Gasteiger partial charge in [0.05, 0.1) is 18.3 Å². The van der Waals surface area contributed by atoms with Gasteiger partial charge in [-0.05, 0) is 54.9 Å². The summed E-state index contributed by atoms with van der Waals surface area (Å²) in [7, 11) is 2.10. The van der Waals surface area contributed by atoms with Gasteiger partial charge in [-0.1, -0.05) is 12.1 Å². The molecule has 24 heavy (non-hydrogen) atoms. The summed E-state index contributed by atoms with van der Waals surface area (Å²) in [5.41, 5.74) is 2.25. The first-order valence-corrected chi connectivity index (χ1v) is 8.14. The Hall–Kier alpha value is -2.61. The molecule has 0 spiro atoms. The molecule has 2 aromatic heterocycles. The smallest absolute Gasteiger partial charge is 0.165 e. The summed E-state index contributed by atoms with van der Waals surface area (Å²) in [4.78, 5) is 6.24. The zero-order chi connectivity index (χ0) is 16.5. The molecule has 0 amide bonds. The molecule has 1 saturated carbocycles. The first-order chi connectivity index (χ1) is 11.7. The van der Waals surface area contributed by atoms with Gasteiger partial charge in [0.2, 0.25) is 0 Å². The van der Waals surface area contributed by atoms with Crippen LogP contribution in [0.25, 0.3) is 5.69 Å². The lowest BCUT2D eigenvalue weighted by Crippen LogP contribution is -2.24.